The lowest BCUT2D eigenvalue weighted by molar-refractivity contribution is -0.121. The minimum Gasteiger partial charge on any atom is -0.490 e. The topological polar surface area (TPSA) is 105 Å². The predicted octanol–water partition coefficient (Wildman–Crippen LogP) is 10.6. The van der Waals surface area contributed by atoms with Crippen molar-refractivity contribution in [2.75, 3.05) is 0 Å². The Hall–Kier alpha value is -4.85. The lowest BCUT2D eigenvalue weighted by Gasteiger charge is -2.25. The summed E-state index contributed by atoms with van der Waals surface area (Å²) in [7, 11) is 0. The lowest BCUT2D eigenvalue weighted by atomic mass is 9.82. The standard InChI is InChI=1S/C39H41FN2O5.2C2H6/c1-4-8-37-34(22-27-14-13-26(23-35(27)40)31-9-6-7-10-32(31)36(5-2)42-39(45)46)38(44)33(24(3)41-37)21-25-11-17-29(18-12-25)47-30-19-15-28(43)16-20-30;2*1-2/h5-7,9-14,17-18,23,30,33,42H,4,8,15-16,19-22H2,1-3H3,(H,45,46);2*1-2H3/b36-5-;;. The minimum absolute atomic E-state index is 0.0283. The van der Waals surface area contributed by atoms with Crippen LogP contribution in [0.3, 0.4) is 0 Å². The molecule has 1 aliphatic carbocycles. The van der Waals surface area contributed by atoms with Gasteiger partial charge in [-0.3, -0.25) is 19.9 Å². The highest BCUT2D eigenvalue weighted by Gasteiger charge is 2.32. The number of aliphatic imine (C=N–C) groups is 1. The second kappa shape index (κ2) is 20.1. The lowest BCUT2D eigenvalue weighted by Crippen LogP contribution is -2.31. The van der Waals surface area contributed by atoms with Crippen molar-refractivity contribution >= 4 is 29.1 Å². The van der Waals surface area contributed by atoms with Gasteiger partial charge in [0.15, 0.2) is 5.78 Å². The number of ether oxygens (including phenoxy) is 1. The van der Waals surface area contributed by atoms with Crippen LogP contribution in [0.15, 0.2) is 89.1 Å². The highest BCUT2D eigenvalue weighted by atomic mass is 19.1. The Morgan fingerprint density at radius 2 is 1.67 bits per heavy atom. The van der Waals surface area contributed by atoms with E-state index in [1.54, 1.807) is 37.3 Å². The second-order valence-electron chi connectivity index (χ2n) is 12.2. The third-order valence-corrected chi connectivity index (χ3v) is 8.90. The first-order valence-corrected chi connectivity index (χ1v) is 18.3. The average Bonchev–Trinajstić information content (AvgIpc) is 3.14. The van der Waals surface area contributed by atoms with E-state index in [4.69, 9.17) is 9.73 Å². The predicted molar refractivity (Wildman–Crippen MR) is 205 cm³/mol. The van der Waals surface area contributed by atoms with Gasteiger partial charge < -0.3 is 9.84 Å². The highest BCUT2D eigenvalue weighted by molar-refractivity contribution is 6.14. The van der Waals surface area contributed by atoms with E-state index in [1.165, 1.54) is 6.07 Å². The monoisotopic (exact) mass is 696 g/mol. The summed E-state index contributed by atoms with van der Waals surface area (Å²) >= 11 is 0. The largest absolute Gasteiger partial charge is 0.490 e. The Morgan fingerprint density at radius 1 is 1.00 bits per heavy atom. The maximum atomic E-state index is 15.8. The zero-order chi connectivity index (χ0) is 37.5. The summed E-state index contributed by atoms with van der Waals surface area (Å²) in [5.41, 5.74) is 5.73. The molecule has 0 radical (unpaired) electrons. The van der Waals surface area contributed by atoms with Crippen LogP contribution in [-0.2, 0) is 22.4 Å². The van der Waals surface area contributed by atoms with Crippen LogP contribution < -0.4 is 10.1 Å². The molecule has 3 aromatic rings. The number of ketones is 2. The number of nitrogens with zero attached hydrogens (tertiary/aromatic N) is 1. The number of hydrogen-bond donors (Lipinski definition) is 2. The van der Waals surface area contributed by atoms with Crippen LogP contribution in [0, 0.1) is 11.7 Å². The average molecular weight is 697 g/mol. The molecule has 1 atom stereocenters. The molecule has 1 unspecified atom stereocenters. The van der Waals surface area contributed by atoms with Crippen LogP contribution in [0.1, 0.15) is 104 Å². The molecule has 1 amide bonds. The Morgan fingerprint density at radius 3 is 2.27 bits per heavy atom. The van der Waals surface area contributed by atoms with Crippen LogP contribution in [-0.4, -0.2) is 34.6 Å². The first kappa shape index (κ1) is 40.6. The van der Waals surface area contributed by atoms with Crippen molar-refractivity contribution in [3.8, 4) is 16.9 Å². The van der Waals surface area contributed by atoms with E-state index in [9.17, 15) is 19.5 Å². The summed E-state index contributed by atoms with van der Waals surface area (Å²) < 4.78 is 21.9. The van der Waals surface area contributed by atoms with Gasteiger partial charge in [-0.1, -0.05) is 95.6 Å². The van der Waals surface area contributed by atoms with Gasteiger partial charge in [0, 0.05) is 47.5 Å². The van der Waals surface area contributed by atoms with Crippen molar-refractivity contribution in [2.45, 2.75) is 106 Å². The fraction of sp³-hybridized carbons (Fsp3) is 0.395. The van der Waals surface area contributed by atoms with Gasteiger partial charge in [-0.2, -0.15) is 0 Å². The van der Waals surface area contributed by atoms with E-state index in [0.717, 1.165) is 36.3 Å². The van der Waals surface area contributed by atoms with E-state index in [1.807, 2.05) is 77.9 Å². The van der Waals surface area contributed by atoms with Crippen molar-refractivity contribution in [1.82, 2.24) is 5.32 Å². The Kier molecular flexibility index (Phi) is 16.0. The molecule has 3 aromatic carbocycles. The highest BCUT2D eigenvalue weighted by Crippen LogP contribution is 2.33. The van der Waals surface area contributed by atoms with Crippen molar-refractivity contribution in [2.24, 2.45) is 10.9 Å². The summed E-state index contributed by atoms with van der Waals surface area (Å²) in [6, 6.07) is 19.9. The van der Waals surface area contributed by atoms with Crippen LogP contribution in [0.25, 0.3) is 16.8 Å². The van der Waals surface area contributed by atoms with Gasteiger partial charge in [-0.05, 0) is 80.0 Å². The number of Topliss-reactive ketones (excluding diaryl/α,β-unsaturated/α-hetero) is 2. The van der Waals surface area contributed by atoms with Gasteiger partial charge in [-0.15, -0.1) is 0 Å². The van der Waals surface area contributed by atoms with Gasteiger partial charge in [-0.25, -0.2) is 9.18 Å². The van der Waals surface area contributed by atoms with Gasteiger partial charge in [0.1, 0.15) is 17.3 Å². The van der Waals surface area contributed by atoms with Gasteiger partial charge in [0.2, 0.25) is 0 Å². The number of carbonyl (C=O) groups excluding carboxylic acids is 2. The first-order valence-electron chi connectivity index (χ1n) is 18.3. The second-order valence-corrected chi connectivity index (χ2v) is 12.2. The van der Waals surface area contributed by atoms with Crippen LogP contribution >= 0.6 is 0 Å². The first-order chi connectivity index (χ1) is 24.7. The van der Waals surface area contributed by atoms with Crippen molar-refractivity contribution in [3.63, 3.8) is 0 Å². The number of amides is 1. The zero-order valence-electron chi connectivity index (χ0n) is 31.1. The van der Waals surface area contributed by atoms with E-state index in [-0.39, 0.29) is 18.3 Å². The van der Waals surface area contributed by atoms with Crippen molar-refractivity contribution < 1.29 is 28.6 Å². The quantitative estimate of drug-likeness (QED) is 0.208. The molecule has 5 rings (SSSR count). The molecule has 0 bridgehead atoms. The molecule has 8 heteroatoms. The van der Waals surface area contributed by atoms with Gasteiger partial charge in [0.25, 0.3) is 0 Å². The van der Waals surface area contributed by atoms with Crippen molar-refractivity contribution in [1.29, 1.82) is 0 Å². The molecule has 0 spiro atoms. The molecule has 51 heavy (non-hydrogen) atoms. The molecule has 2 aliphatic rings. The fourth-order valence-corrected chi connectivity index (χ4v) is 6.37. The molecule has 0 aromatic heterocycles. The van der Waals surface area contributed by atoms with E-state index >= 15 is 4.39 Å². The minimum atomic E-state index is -1.18. The smallest absolute Gasteiger partial charge is 0.409 e. The molecular weight excluding hydrogens is 643 g/mol. The van der Waals surface area contributed by atoms with E-state index in [2.05, 4.69) is 5.32 Å². The third kappa shape index (κ3) is 10.8. The summed E-state index contributed by atoms with van der Waals surface area (Å²) in [6.07, 6.45) is 5.16. The summed E-state index contributed by atoms with van der Waals surface area (Å²) in [5.74, 6) is 0.126. The van der Waals surface area contributed by atoms with Crippen LogP contribution in [0.4, 0.5) is 9.18 Å². The number of carboxylic acid groups (broad SMARTS) is 1. The molecule has 1 fully saturated rings. The Balaban J connectivity index is 0.00000169. The summed E-state index contributed by atoms with van der Waals surface area (Å²) in [6.45, 7) is 13.7. The Labute approximate surface area is 302 Å². The number of allylic oxidation sites excluding steroid dienone is 3. The molecule has 2 N–H and O–H groups in total. The maximum Gasteiger partial charge on any atom is 0.409 e. The number of rotatable bonds is 11. The molecule has 7 nitrogen and oxygen atoms in total. The summed E-state index contributed by atoms with van der Waals surface area (Å²) in [5, 5.41) is 11.7. The van der Waals surface area contributed by atoms with Crippen molar-refractivity contribution in [3.05, 3.63) is 107 Å². The third-order valence-electron chi connectivity index (χ3n) is 8.90. The van der Waals surface area contributed by atoms with Gasteiger partial charge >= 0.3 is 6.09 Å². The number of carbonyl (C=O) groups is 3. The molecule has 1 saturated carbocycles. The molecule has 0 saturated heterocycles. The SMILES string of the molecule is C/C=C(\NC(=O)O)c1ccccc1-c1ccc(CC2=C(CCC)N=C(C)C(Cc3ccc(OC4CCC(=O)CC4)cc3)C2=O)c(F)c1.CC.CC. The number of hydrogen-bond acceptors (Lipinski definition) is 5. The normalized spacial score (nSPS) is 16.4. The van der Waals surface area contributed by atoms with Crippen LogP contribution in [0.2, 0.25) is 0 Å². The number of benzene rings is 3. The maximum absolute atomic E-state index is 15.8. The molecule has 1 aliphatic heterocycles. The molecule has 1 heterocycles. The van der Waals surface area contributed by atoms with E-state index in [0.29, 0.717) is 70.7 Å². The molecular formula is C43H53FN2O5. The summed E-state index contributed by atoms with van der Waals surface area (Å²) in [4.78, 5) is 41.8. The van der Waals surface area contributed by atoms with E-state index < -0.39 is 17.8 Å². The Bertz CT molecular complexity index is 1750. The van der Waals surface area contributed by atoms with Gasteiger partial charge in [0.05, 0.1) is 12.0 Å². The zero-order valence-corrected chi connectivity index (χ0v) is 31.1. The fourth-order valence-electron chi connectivity index (χ4n) is 6.37. The van der Waals surface area contributed by atoms with Crippen LogP contribution in [0.5, 0.6) is 5.75 Å². The number of halogens is 1. The number of nitrogens with one attached hydrogen (secondary N) is 1. The molecule has 272 valence electrons.